The summed E-state index contributed by atoms with van der Waals surface area (Å²) in [5.41, 5.74) is 6.80. The van der Waals surface area contributed by atoms with Crippen molar-refractivity contribution >= 4 is 10.9 Å². The highest BCUT2D eigenvalue weighted by molar-refractivity contribution is 5.83. The maximum absolute atomic E-state index is 2.28. The van der Waals surface area contributed by atoms with E-state index in [1.165, 1.54) is 33.3 Å². The molecule has 0 aliphatic rings. The largest absolute Gasteiger partial charge is 0.215 e. The lowest BCUT2D eigenvalue weighted by Crippen LogP contribution is -2.33. The molecule has 0 bridgehead atoms. The van der Waals surface area contributed by atoms with Gasteiger partial charge in [-0.25, -0.2) is 0 Å². The summed E-state index contributed by atoms with van der Waals surface area (Å²) in [7, 11) is 2.14. The van der Waals surface area contributed by atoms with Gasteiger partial charge in [-0.2, -0.15) is 4.57 Å². The van der Waals surface area contributed by atoms with Crippen molar-refractivity contribution in [2.45, 2.75) is 27.7 Å². The molecule has 0 aliphatic carbocycles. The number of nitrogens with zero attached hydrogens (tertiary/aromatic N) is 1. The zero-order valence-electron chi connectivity index (χ0n) is 10.2. The first-order valence-corrected chi connectivity index (χ1v) is 5.38. The molecule has 2 aromatic rings. The number of rotatable bonds is 0. The van der Waals surface area contributed by atoms with E-state index in [1.54, 1.807) is 0 Å². The Morgan fingerprint density at radius 2 is 1.60 bits per heavy atom. The van der Waals surface area contributed by atoms with Crippen LogP contribution in [0, 0.1) is 27.7 Å². The zero-order valence-corrected chi connectivity index (χ0v) is 10.2. The van der Waals surface area contributed by atoms with Gasteiger partial charge in [0.15, 0.2) is 5.69 Å². The summed E-state index contributed by atoms with van der Waals surface area (Å²) in [5, 5.41) is 1.37. The standard InChI is InChI=1S/C14H18N/c1-9-6-7-13-10(2)8-11(3)15(5)14(13)12(9)4/h6-8H,1-5H3/q+1. The lowest BCUT2D eigenvalue weighted by molar-refractivity contribution is -0.651. The van der Waals surface area contributed by atoms with E-state index in [9.17, 15) is 0 Å². The molecule has 0 atom stereocenters. The third-order valence-corrected chi connectivity index (χ3v) is 3.42. The summed E-state index contributed by atoms with van der Waals surface area (Å²) in [6.07, 6.45) is 0. The van der Waals surface area contributed by atoms with Gasteiger partial charge in [-0.3, -0.25) is 0 Å². The van der Waals surface area contributed by atoms with Gasteiger partial charge in [0.05, 0.1) is 0 Å². The van der Waals surface area contributed by atoms with Crippen LogP contribution in [0.25, 0.3) is 10.9 Å². The molecule has 0 fully saturated rings. The average molecular weight is 200 g/mol. The Hall–Kier alpha value is -1.37. The van der Waals surface area contributed by atoms with Crippen molar-refractivity contribution in [3.05, 3.63) is 40.6 Å². The summed E-state index contributed by atoms with van der Waals surface area (Å²) in [5.74, 6) is 0. The molecule has 0 saturated heterocycles. The number of hydrogen-bond acceptors (Lipinski definition) is 0. The third kappa shape index (κ3) is 1.43. The van der Waals surface area contributed by atoms with Crippen molar-refractivity contribution in [2.75, 3.05) is 0 Å². The van der Waals surface area contributed by atoms with E-state index in [-0.39, 0.29) is 0 Å². The summed E-state index contributed by atoms with van der Waals surface area (Å²) in [4.78, 5) is 0. The molecule has 1 aromatic carbocycles. The smallest absolute Gasteiger partial charge is 0.198 e. The minimum Gasteiger partial charge on any atom is -0.198 e. The van der Waals surface area contributed by atoms with Crippen molar-refractivity contribution in [3.8, 4) is 0 Å². The van der Waals surface area contributed by atoms with Crippen LogP contribution in [-0.4, -0.2) is 0 Å². The second-order valence-corrected chi connectivity index (χ2v) is 4.43. The quantitative estimate of drug-likeness (QED) is 0.576. The molecule has 2 rings (SSSR count). The predicted molar refractivity (Wildman–Crippen MR) is 64.1 cm³/mol. The SMILES string of the molecule is Cc1ccc2c(C)cc(C)[n+](C)c2c1C. The van der Waals surface area contributed by atoms with Crippen LogP contribution < -0.4 is 4.57 Å². The number of benzene rings is 1. The van der Waals surface area contributed by atoms with E-state index in [0.717, 1.165) is 0 Å². The van der Waals surface area contributed by atoms with Gasteiger partial charge in [-0.1, -0.05) is 6.07 Å². The van der Waals surface area contributed by atoms with Crippen LogP contribution in [0.1, 0.15) is 22.4 Å². The third-order valence-electron chi connectivity index (χ3n) is 3.42. The molecule has 1 heterocycles. The number of pyridine rings is 1. The van der Waals surface area contributed by atoms with Crippen LogP contribution in [0.3, 0.4) is 0 Å². The average Bonchev–Trinajstić information content (AvgIpc) is 2.19. The van der Waals surface area contributed by atoms with Gasteiger partial charge in [-0.15, -0.1) is 0 Å². The molecule has 0 saturated carbocycles. The molecule has 15 heavy (non-hydrogen) atoms. The van der Waals surface area contributed by atoms with Gasteiger partial charge in [0, 0.05) is 23.9 Å². The van der Waals surface area contributed by atoms with Gasteiger partial charge in [-0.05, 0) is 38.0 Å². The van der Waals surface area contributed by atoms with Gasteiger partial charge >= 0.3 is 0 Å². The number of aromatic nitrogens is 1. The summed E-state index contributed by atoms with van der Waals surface area (Å²) in [6, 6.07) is 6.68. The van der Waals surface area contributed by atoms with Crippen LogP contribution in [0.5, 0.6) is 0 Å². The molecular formula is C14H18N+. The number of fused-ring (bicyclic) bond motifs is 1. The summed E-state index contributed by atoms with van der Waals surface area (Å²) >= 11 is 0. The summed E-state index contributed by atoms with van der Waals surface area (Å²) in [6.45, 7) is 8.72. The number of hydrogen-bond donors (Lipinski definition) is 0. The highest BCUT2D eigenvalue weighted by atomic mass is 14.9. The Morgan fingerprint density at radius 1 is 0.933 bits per heavy atom. The first-order chi connectivity index (χ1) is 7.02. The highest BCUT2D eigenvalue weighted by Gasteiger charge is 2.14. The number of aryl methyl sites for hydroxylation is 5. The zero-order chi connectivity index (χ0) is 11.2. The Balaban J connectivity index is 3.04. The molecule has 1 nitrogen and oxygen atoms in total. The van der Waals surface area contributed by atoms with Gasteiger partial charge in [0.25, 0.3) is 0 Å². The monoisotopic (exact) mass is 200 g/mol. The molecule has 1 heteroatoms. The summed E-state index contributed by atoms with van der Waals surface area (Å²) < 4.78 is 2.28. The molecule has 0 radical (unpaired) electrons. The molecular weight excluding hydrogens is 182 g/mol. The van der Waals surface area contributed by atoms with Gasteiger partial charge < -0.3 is 0 Å². The van der Waals surface area contributed by atoms with E-state index in [1.807, 2.05) is 0 Å². The van der Waals surface area contributed by atoms with Crippen LogP contribution in [0.4, 0.5) is 0 Å². The molecule has 0 amide bonds. The first kappa shape index (κ1) is 10.2. The van der Waals surface area contributed by atoms with Crippen LogP contribution in [0.15, 0.2) is 18.2 Å². The lowest BCUT2D eigenvalue weighted by Gasteiger charge is -2.07. The topological polar surface area (TPSA) is 3.88 Å². The first-order valence-electron chi connectivity index (χ1n) is 5.38. The van der Waals surface area contributed by atoms with E-state index in [2.05, 4.69) is 57.5 Å². The van der Waals surface area contributed by atoms with E-state index in [0.29, 0.717) is 0 Å². The molecule has 0 N–H and O–H groups in total. The van der Waals surface area contributed by atoms with Gasteiger partial charge in [0.1, 0.15) is 7.05 Å². The fraction of sp³-hybridized carbons (Fsp3) is 0.357. The van der Waals surface area contributed by atoms with Crippen molar-refractivity contribution in [1.29, 1.82) is 0 Å². The lowest BCUT2D eigenvalue weighted by atomic mass is 10.0. The Labute approximate surface area is 91.4 Å². The Kier molecular flexibility index (Phi) is 2.26. The van der Waals surface area contributed by atoms with Crippen molar-refractivity contribution < 1.29 is 4.57 Å². The Bertz CT molecular complexity index is 531. The van der Waals surface area contributed by atoms with Crippen molar-refractivity contribution in [3.63, 3.8) is 0 Å². The molecule has 0 spiro atoms. The molecule has 0 unspecified atom stereocenters. The van der Waals surface area contributed by atoms with Crippen LogP contribution >= 0.6 is 0 Å². The second-order valence-electron chi connectivity index (χ2n) is 4.43. The maximum Gasteiger partial charge on any atom is 0.215 e. The van der Waals surface area contributed by atoms with E-state index >= 15 is 0 Å². The maximum atomic E-state index is 2.28. The minimum atomic E-state index is 1.31. The van der Waals surface area contributed by atoms with Crippen molar-refractivity contribution in [1.82, 2.24) is 0 Å². The minimum absolute atomic E-state index is 1.31. The van der Waals surface area contributed by atoms with Crippen molar-refractivity contribution in [2.24, 2.45) is 7.05 Å². The van der Waals surface area contributed by atoms with E-state index in [4.69, 9.17) is 0 Å². The predicted octanol–water partition coefficient (Wildman–Crippen LogP) is 2.90. The van der Waals surface area contributed by atoms with Gasteiger partial charge in [0.2, 0.25) is 5.52 Å². The van der Waals surface area contributed by atoms with E-state index < -0.39 is 0 Å². The fourth-order valence-electron chi connectivity index (χ4n) is 2.22. The second kappa shape index (κ2) is 3.34. The fourth-order valence-corrected chi connectivity index (χ4v) is 2.22. The van der Waals surface area contributed by atoms with Crippen LogP contribution in [0.2, 0.25) is 0 Å². The Morgan fingerprint density at radius 3 is 2.27 bits per heavy atom. The van der Waals surface area contributed by atoms with Crippen LogP contribution in [-0.2, 0) is 7.05 Å². The molecule has 0 aliphatic heterocycles. The molecule has 78 valence electrons. The normalized spacial score (nSPS) is 11.0. The highest BCUT2D eigenvalue weighted by Crippen LogP contribution is 2.21. The molecule has 1 aromatic heterocycles.